The molecule has 3 nitrogen and oxygen atoms in total. The summed E-state index contributed by atoms with van der Waals surface area (Å²) in [5.41, 5.74) is 2.38. The summed E-state index contributed by atoms with van der Waals surface area (Å²) < 4.78 is 0. The molecule has 0 bridgehead atoms. The van der Waals surface area contributed by atoms with E-state index in [0.717, 1.165) is 18.5 Å². The van der Waals surface area contributed by atoms with Gasteiger partial charge in [0, 0.05) is 19.5 Å². The van der Waals surface area contributed by atoms with Gasteiger partial charge in [-0.1, -0.05) is 24.3 Å². The van der Waals surface area contributed by atoms with Gasteiger partial charge >= 0.3 is 5.97 Å². The molecule has 0 radical (unpaired) electrons. The van der Waals surface area contributed by atoms with Gasteiger partial charge in [0.25, 0.3) is 0 Å². The molecule has 0 aliphatic carbocycles. The van der Waals surface area contributed by atoms with Gasteiger partial charge in [-0.25, -0.2) is 0 Å². The van der Waals surface area contributed by atoms with Crippen molar-refractivity contribution in [2.75, 3.05) is 6.54 Å². The second-order valence-corrected chi connectivity index (χ2v) is 4.61. The van der Waals surface area contributed by atoms with Crippen LogP contribution in [0.4, 0.5) is 0 Å². The van der Waals surface area contributed by atoms with Crippen molar-refractivity contribution < 1.29 is 9.90 Å². The van der Waals surface area contributed by atoms with E-state index >= 15 is 0 Å². The normalized spacial score (nSPS) is 18.9. The molecular formula is C15H17NO2. The molecule has 0 saturated carbocycles. The predicted molar refractivity (Wildman–Crippen MR) is 70.0 cm³/mol. The van der Waals surface area contributed by atoms with Crippen LogP contribution in [-0.4, -0.2) is 28.6 Å². The van der Waals surface area contributed by atoms with Crippen LogP contribution < -0.4 is 0 Å². The summed E-state index contributed by atoms with van der Waals surface area (Å²) in [6.07, 6.45) is 7.36. The third-order valence-electron chi connectivity index (χ3n) is 3.40. The lowest BCUT2D eigenvalue weighted by Crippen LogP contribution is -2.45. The van der Waals surface area contributed by atoms with Crippen LogP contribution in [0.15, 0.2) is 24.3 Å². The number of carboxylic acid groups (broad SMARTS) is 1. The Kier molecular flexibility index (Phi) is 4.01. The Bertz CT molecular complexity index is 476. The van der Waals surface area contributed by atoms with Crippen LogP contribution >= 0.6 is 0 Å². The summed E-state index contributed by atoms with van der Waals surface area (Å²) in [6.45, 7) is 1.45. The van der Waals surface area contributed by atoms with Crippen LogP contribution in [0.5, 0.6) is 0 Å². The maximum Gasteiger partial charge on any atom is 0.321 e. The highest BCUT2D eigenvalue weighted by Crippen LogP contribution is 2.23. The molecule has 0 unspecified atom stereocenters. The zero-order chi connectivity index (χ0) is 13.0. The molecule has 1 aromatic rings. The molecule has 0 aromatic heterocycles. The Morgan fingerprint density at radius 2 is 2.17 bits per heavy atom. The van der Waals surface area contributed by atoms with Gasteiger partial charge in [0.1, 0.15) is 6.04 Å². The van der Waals surface area contributed by atoms with Crippen LogP contribution in [-0.2, 0) is 17.8 Å². The Balaban J connectivity index is 2.13. The number of unbranched alkanes of at least 4 members (excludes halogenated alkanes) is 1. The van der Waals surface area contributed by atoms with E-state index in [1.807, 2.05) is 23.1 Å². The van der Waals surface area contributed by atoms with Crippen LogP contribution in [0.1, 0.15) is 24.0 Å². The number of hydrogen-bond donors (Lipinski definition) is 1. The van der Waals surface area contributed by atoms with Crippen LogP contribution in [0.25, 0.3) is 0 Å². The molecule has 1 aliphatic rings. The second kappa shape index (κ2) is 5.70. The van der Waals surface area contributed by atoms with Gasteiger partial charge in [-0.05, 0) is 24.0 Å². The lowest BCUT2D eigenvalue weighted by atomic mass is 9.94. The van der Waals surface area contributed by atoms with E-state index in [9.17, 15) is 9.90 Å². The maximum atomic E-state index is 11.3. The Morgan fingerprint density at radius 3 is 2.83 bits per heavy atom. The lowest BCUT2D eigenvalue weighted by molar-refractivity contribution is -0.144. The molecule has 0 spiro atoms. The number of carboxylic acids is 1. The molecule has 0 saturated heterocycles. The van der Waals surface area contributed by atoms with Gasteiger partial charge in [-0.15, -0.1) is 12.3 Å². The average Bonchev–Trinajstić information content (AvgIpc) is 2.38. The number of carbonyl (C=O) groups is 1. The highest BCUT2D eigenvalue weighted by Gasteiger charge is 2.30. The molecule has 1 atom stereocenters. The van der Waals surface area contributed by atoms with E-state index < -0.39 is 12.0 Å². The molecule has 1 N–H and O–H groups in total. The van der Waals surface area contributed by atoms with Crippen molar-refractivity contribution >= 4 is 5.97 Å². The van der Waals surface area contributed by atoms with Gasteiger partial charge in [0.15, 0.2) is 0 Å². The topological polar surface area (TPSA) is 40.5 Å². The third kappa shape index (κ3) is 2.72. The maximum absolute atomic E-state index is 11.3. The van der Waals surface area contributed by atoms with Crippen molar-refractivity contribution in [3.63, 3.8) is 0 Å². The molecule has 2 rings (SSSR count). The molecule has 0 fully saturated rings. The SMILES string of the molecule is C#CCCCN1Cc2ccccc2C[C@H]1C(=O)O. The number of hydrogen-bond acceptors (Lipinski definition) is 2. The van der Waals surface area contributed by atoms with Gasteiger partial charge in [0.05, 0.1) is 0 Å². The van der Waals surface area contributed by atoms with Crippen LogP contribution in [0.3, 0.4) is 0 Å². The second-order valence-electron chi connectivity index (χ2n) is 4.61. The zero-order valence-corrected chi connectivity index (χ0v) is 10.3. The average molecular weight is 243 g/mol. The number of nitrogens with zero attached hydrogens (tertiary/aromatic N) is 1. The van der Waals surface area contributed by atoms with E-state index in [1.54, 1.807) is 0 Å². The Morgan fingerprint density at radius 1 is 1.44 bits per heavy atom. The first-order valence-electron chi connectivity index (χ1n) is 6.19. The number of aliphatic carboxylic acids is 1. The van der Waals surface area contributed by atoms with E-state index in [1.165, 1.54) is 5.56 Å². The number of terminal acetylenes is 1. The number of rotatable bonds is 4. The summed E-state index contributed by atoms with van der Waals surface area (Å²) in [6, 6.07) is 7.63. The fourth-order valence-electron chi connectivity index (χ4n) is 2.44. The van der Waals surface area contributed by atoms with E-state index in [4.69, 9.17) is 6.42 Å². The smallest absolute Gasteiger partial charge is 0.321 e. The Labute approximate surface area is 107 Å². The molecule has 1 heterocycles. The van der Waals surface area contributed by atoms with Crippen molar-refractivity contribution in [1.82, 2.24) is 4.90 Å². The molecule has 1 aromatic carbocycles. The number of benzene rings is 1. The summed E-state index contributed by atoms with van der Waals surface area (Å²) in [5, 5.41) is 9.31. The Hall–Kier alpha value is -1.79. The van der Waals surface area contributed by atoms with E-state index in [-0.39, 0.29) is 0 Å². The predicted octanol–water partition coefficient (Wildman–Crippen LogP) is 1.91. The monoisotopic (exact) mass is 243 g/mol. The highest BCUT2D eigenvalue weighted by atomic mass is 16.4. The fraction of sp³-hybridized carbons (Fsp3) is 0.400. The largest absolute Gasteiger partial charge is 0.480 e. The summed E-state index contributed by atoms with van der Waals surface area (Å²) >= 11 is 0. The quantitative estimate of drug-likeness (QED) is 0.648. The first kappa shape index (κ1) is 12.7. The first-order chi connectivity index (χ1) is 8.72. The fourth-order valence-corrected chi connectivity index (χ4v) is 2.44. The molecule has 18 heavy (non-hydrogen) atoms. The molecule has 0 amide bonds. The first-order valence-corrected chi connectivity index (χ1v) is 6.19. The number of fused-ring (bicyclic) bond motifs is 1. The van der Waals surface area contributed by atoms with E-state index in [0.29, 0.717) is 19.4 Å². The van der Waals surface area contributed by atoms with Crippen molar-refractivity contribution in [2.45, 2.75) is 31.8 Å². The van der Waals surface area contributed by atoms with Crippen LogP contribution in [0.2, 0.25) is 0 Å². The summed E-state index contributed by atoms with van der Waals surface area (Å²) in [4.78, 5) is 13.3. The van der Waals surface area contributed by atoms with Crippen molar-refractivity contribution in [3.8, 4) is 12.3 Å². The summed E-state index contributed by atoms with van der Waals surface area (Å²) in [7, 11) is 0. The molecular weight excluding hydrogens is 226 g/mol. The minimum atomic E-state index is -0.745. The minimum absolute atomic E-state index is 0.419. The highest BCUT2D eigenvalue weighted by molar-refractivity contribution is 5.74. The third-order valence-corrected chi connectivity index (χ3v) is 3.40. The lowest BCUT2D eigenvalue weighted by Gasteiger charge is -2.34. The molecule has 1 aliphatic heterocycles. The van der Waals surface area contributed by atoms with Crippen molar-refractivity contribution in [3.05, 3.63) is 35.4 Å². The standard InChI is InChI=1S/C15H17NO2/c1-2-3-6-9-16-11-13-8-5-4-7-12(13)10-14(16)15(17)18/h1,4-5,7-8,14H,3,6,9-11H2,(H,17,18)/t14-/m0/s1. The van der Waals surface area contributed by atoms with Gasteiger partial charge in [0.2, 0.25) is 0 Å². The van der Waals surface area contributed by atoms with Gasteiger partial charge < -0.3 is 5.11 Å². The summed E-state index contributed by atoms with van der Waals surface area (Å²) in [5.74, 6) is 1.85. The molecule has 3 heteroatoms. The van der Waals surface area contributed by atoms with Crippen molar-refractivity contribution in [1.29, 1.82) is 0 Å². The van der Waals surface area contributed by atoms with Crippen LogP contribution in [0, 0.1) is 12.3 Å². The van der Waals surface area contributed by atoms with Gasteiger partial charge in [-0.3, -0.25) is 9.69 Å². The zero-order valence-electron chi connectivity index (χ0n) is 10.3. The molecule has 94 valence electrons. The van der Waals surface area contributed by atoms with Gasteiger partial charge in [-0.2, -0.15) is 0 Å². The van der Waals surface area contributed by atoms with E-state index in [2.05, 4.69) is 12.0 Å². The minimum Gasteiger partial charge on any atom is -0.480 e. The van der Waals surface area contributed by atoms with Crippen molar-refractivity contribution in [2.24, 2.45) is 0 Å².